The van der Waals surface area contributed by atoms with E-state index in [4.69, 9.17) is 0 Å². The highest BCUT2D eigenvalue weighted by Crippen LogP contribution is 2.23. The Balaban J connectivity index is 2.31. The molecule has 3 heteroatoms. The Morgan fingerprint density at radius 1 is 1.47 bits per heavy atom. The van der Waals surface area contributed by atoms with Crippen LogP contribution in [0, 0.1) is 0 Å². The average molecular weight is 202 g/mol. The van der Waals surface area contributed by atoms with Crippen LogP contribution in [0.5, 0.6) is 5.75 Å². The summed E-state index contributed by atoms with van der Waals surface area (Å²) in [5, 5.41) is 10.5. The number of H-pyrrole nitrogens is 1. The van der Waals surface area contributed by atoms with Crippen molar-refractivity contribution < 1.29 is 5.11 Å². The molecular formula is C12H14N2O. The third kappa shape index (κ3) is 2.01. The molecule has 0 unspecified atom stereocenters. The van der Waals surface area contributed by atoms with E-state index in [1.54, 1.807) is 12.1 Å². The van der Waals surface area contributed by atoms with Crippen molar-refractivity contribution in [1.29, 1.82) is 0 Å². The normalized spacial score (nSPS) is 11.5. The minimum absolute atomic E-state index is 0.308. The van der Waals surface area contributed by atoms with Crippen molar-refractivity contribution in [3.8, 4) is 5.75 Å². The van der Waals surface area contributed by atoms with E-state index in [0.29, 0.717) is 5.75 Å². The van der Waals surface area contributed by atoms with Crippen LogP contribution < -0.4 is 0 Å². The van der Waals surface area contributed by atoms with Gasteiger partial charge in [-0.2, -0.15) is 0 Å². The molecule has 2 N–H and O–H groups in total. The zero-order valence-corrected chi connectivity index (χ0v) is 8.70. The van der Waals surface area contributed by atoms with E-state index in [0.717, 1.165) is 23.9 Å². The van der Waals surface area contributed by atoms with Gasteiger partial charge >= 0.3 is 0 Å². The van der Waals surface area contributed by atoms with Gasteiger partial charge < -0.3 is 10.1 Å². The quantitative estimate of drug-likeness (QED) is 0.738. The fraction of sp³-hybridized carbons (Fsp3) is 0.250. The van der Waals surface area contributed by atoms with Gasteiger partial charge in [0, 0.05) is 23.6 Å². The predicted octanol–water partition coefficient (Wildman–Crippen LogP) is 2.51. The maximum absolute atomic E-state index is 9.40. The molecular weight excluding hydrogens is 188 g/mol. The molecule has 15 heavy (non-hydrogen) atoms. The summed E-state index contributed by atoms with van der Waals surface area (Å²) in [6, 6.07) is 5.36. The summed E-state index contributed by atoms with van der Waals surface area (Å²) in [5.41, 5.74) is 2.26. The maximum atomic E-state index is 9.40. The topological polar surface area (TPSA) is 48.4 Å². The Kier molecular flexibility index (Phi) is 2.72. The molecule has 1 aromatic carbocycles. The van der Waals surface area contributed by atoms with Crippen LogP contribution in [-0.4, -0.2) is 22.8 Å². The molecule has 0 aliphatic carbocycles. The van der Waals surface area contributed by atoms with Gasteiger partial charge in [0.15, 0.2) is 0 Å². The second-order valence-electron chi connectivity index (χ2n) is 3.46. The molecule has 0 amide bonds. The molecule has 0 bridgehead atoms. The first kappa shape index (κ1) is 9.77. The molecule has 2 rings (SSSR count). The monoisotopic (exact) mass is 202 g/mol. The Morgan fingerprint density at radius 2 is 2.33 bits per heavy atom. The fourth-order valence-electron chi connectivity index (χ4n) is 1.69. The number of benzene rings is 1. The molecule has 1 aromatic heterocycles. The number of fused-ring (bicyclic) bond motifs is 1. The SMILES string of the molecule is CC=NCCc1c[nH]c2ccc(O)cc12. The van der Waals surface area contributed by atoms with Crippen LogP contribution >= 0.6 is 0 Å². The van der Waals surface area contributed by atoms with Gasteiger partial charge in [-0.15, -0.1) is 0 Å². The lowest BCUT2D eigenvalue weighted by Crippen LogP contribution is -1.87. The van der Waals surface area contributed by atoms with Crippen molar-refractivity contribution in [3.63, 3.8) is 0 Å². The van der Waals surface area contributed by atoms with Gasteiger partial charge in [-0.3, -0.25) is 4.99 Å². The third-order valence-corrected chi connectivity index (χ3v) is 2.44. The van der Waals surface area contributed by atoms with E-state index >= 15 is 0 Å². The molecule has 0 aliphatic rings. The smallest absolute Gasteiger partial charge is 0.116 e. The Morgan fingerprint density at radius 3 is 3.13 bits per heavy atom. The van der Waals surface area contributed by atoms with Crippen LogP contribution in [-0.2, 0) is 6.42 Å². The predicted molar refractivity (Wildman–Crippen MR) is 62.7 cm³/mol. The molecule has 0 atom stereocenters. The maximum Gasteiger partial charge on any atom is 0.116 e. The number of aromatic hydroxyl groups is 1. The van der Waals surface area contributed by atoms with Gasteiger partial charge in [-0.1, -0.05) is 0 Å². The number of aromatic nitrogens is 1. The standard InChI is InChI=1S/C12H14N2O/c1-2-13-6-5-9-8-14-12-4-3-10(15)7-11(9)12/h2-4,7-8,14-15H,5-6H2,1H3. The van der Waals surface area contributed by atoms with Gasteiger partial charge in [-0.25, -0.2) is 0 Å². The summed E-state index contributed by atoms with van der Waals surface area (Å²) in [6.45, 7) is 2.71. The highest BCUT2D eigenvalue weighted by molar-refractivity contribution is 5.84. The summed E-state index contributed by atoms with van der Waals surface area (Å²) >= 11 is 0. The fourth-order valence-corrected chi connectivity index (χ4v) is 1.69. The first-order valence-electron chi connectivity index (χ1n) is 5.04. The summed E-state index contributed by atoms with van der Waals surface area (Å²) < 4.78 is 0. The Labute approximate surface area is 88.5 Å². The number of aromatic amines is 1. The number of nitrogens with zero attached hydrogens (tertiary/aromatic N) is 1. The van der Waals surface area contributed by atoms with Crippen LogP contribution in [0.1, 0.15) is 12.5 Å². The van der Waals surface area contributed by atoms with Gasteiger partial charge in [-0.05, 0) is 43.3 Å². The molecule has 0 fully saturated rings. The van der Waals surface area contributed by atoms with E-state index < -0.39 is 0 Å². The van der Waals surface area contributed by atoms with E-state index in [1.165, 1.54) is 5.56 Å². The lowest BCUT2D eigenvalue weighted by atomic mass is 10.1. The highest BCUT2D eigenvalue weighted by atomic mass is 16.3. The number of rotatable bonds is 3. The Hall–Kier alpha value is -1.77. The van der Waals surface area contributed by atoms with Crippen LogP contribution in [0.4, 0.5) is 0 Å². The average Bonchev–Trinajstić information content (AvgIpc) is 2.62. The summed E-state index contributed by atoms with van der Waals surface area (Å²) in [4.78, 5) is 7.35. The second kappa shape index (κ2) is 4.17. The first-order chi connectivity index (χ1) is 7.31. The summed E-state index contributed by atoms with van der Waals surface area (Å²) in [5.74, 6) is 0.308. The van der Waals surface area contributed by atoms with Crippen molar-refractivity contribution in [1.82, 2.24) is 4.98 Å². The largest absolute Gasteiger partial charge is 0.508 e. The number of phenolic OH excluding ortho intramolecular Hbond substituents is 1. The van der Waals surface area contributed by atoms with E-state index in [-0.39, 0.29) is 0 Å². The number of hydrogen-bond acceptors (Lipinski definition) is 2. The van der Waals surface area contributed by atoms with Gasteiger partial charge in [0.2, 0.25) is 0 Å². The van der Waals surface area contributed by atoms with Crippen LogP contribution in [0.2, 0.25) is 0 Å². The zero-order valence-electron chi connectivity index (χ0n) is 8.70. The molecule has 0 saturated carbocycles. The van der Waals surface area contributed by atoms with Crippen LogP contribution in [0.15, 0.2) is 29.4 Å². The number of phenols is 1. The minimum Gasteiger partial charge on any atom is -0.508 e. The van der Waals surface area contributed by atoms with Gasteiger partial charge in [0.05, 0.1) is 0 Å². The molecule has 0 saturated heterocycles. The Bertz CT molecular complexity index is 485. The molecule has 0 spiro atoms. The second-order valence-corrected chi connectivity index (χ2v) is 3.46. The summed E-state index contributed by atoms with van der Waals surface area (Å²) in [6.07, 6.45) is 4.69. The van der Waals surface area contributed by atoms with Gasteiger partial charge in [0.25, 0.3) is 0 Å². The number of hydrogen-bond donors (Lipinski definition) is 2. The lowest BCUT2D eigenvalue weighted by molar-refractivity contribution is 0.476. The zero-order chi connectivity index (χ0) is 10.7. The van der Waals surface area contributed by atoms with Crippen molar-refractivity contribution in [2.24, 2.45) is 4.99 Å². The number of aliphatic imine (C=N–C) groups is 1. The van der Waals surface area contributed by atoms with E-state index in [2.05, 4.69) is 9.98 Å². The highest BCUT2D eigenvalue weighted by Gasteiger charge is 2.03. The van der Waals surface area contributed by atoms with Crippen molar-refractivity contribution in [2.45, 2.75) is 13.3 Å². The molecule has 3 nitrogen and oxygen atoms in total. The van der Waals surface area contributed by atoms with Crippen molar-refractivity contribution in [2.75, 3.05) is 6.54 Å². The van der Waals surface area contributed by atoms with E-state index in [1.807, 2.05) is 25.4 Å². The van der Waals surface area contributed by atoms with E-state index in [9.17, 15) is 5.11 Å². The van der Waals surface area contributed by atoms with Gasteiger partial charge in [0.1, 0.15) is 5.75 Å². The van der Waals surface area contributed by atoms with Crippen molar-refractivity contribution in [3.05, 3.63) is 30.0 Å². The van der Waals surface area contributed by atoms with Crippen LogP contribution in [0.25, 0.3) is 10.9 Å². The molecule has 78 valence electrons. The first-order valence-corrected chi connectivity index (χ1v) is 5.04. The minimum atomic E-state index is 0.308. The molecule has 2 aromatic rings. The van der Waals surface area contributed by atoms with Crippen LogP contribution in [0.3, 0.4) is 0 Å². The van der Waals surface area contributed by atoms with Crippen molar-refractivity contribution >= 4 is 17.1 Å². The third-order valence-electron chi connectivity index (χ3n) is 2.44. The molecule has 0 radical (unpaired) electrons. The molecule has 1 heterocycles. The molecule has 0 aliphatic heterocycles. The lowest BCUT2D eigenvalue weighted by Gasteiger charge is -1.96. The summed E-state index contributed by atoms with van der Waals surface area (Å²) in [7, 11) is 0. The number of nitrogens with one attached hydrogen (secondary N) is 1.